The van der Waals surface area contributed by atoms with Crippen LogP contribution in [0.4, 0.5) is 0 Å². The highest BCUT2D eigenvalue weighted by molar-refractivity contribution is 5.34. The van der Waals surface area contributed by atoms with Crippen molar-refractivity contribution in [3.63, 3.8) is 0 Å². The van der Waals surface area contributed by atoms with Crippen LogP contribution in [-0.4, -0.2) is 5.11 Å². The molecule has 0 bridgehead atoms. The van der Waals surface area contributed by atoms with Gasteiger partial charge in [-0.25, -0.2) is 0 Å². The summed E-state index contributed by atoms with van der Waals surface area (Å²) < 4.78 is 0. The fourth-order valence-corrected chi connectivity index (χ4v) is 1.87. The second kappa shape index (κ2) is 5.72. The Bertz CT molecular complexity index is 396. The van der Waals surface area contributed by atoms with Crippen LogP contribution >= 0.6 is 0 Å². The van der Waals surface area contributed by atoms with Gasteiger partial charge < -0.3 is 5.11 Å². The van der Waals surface area contributed by atoms with Crippen molar-refractivity contribution in [3.05, 3.63) is 54.1 Å². The minimum atomic E-state index is -0.0281. The average molecular weight is 230 g/mol. The van der Waals surface area contributed by atoms with Crippen LogP contribution in [0.3, 0.4) is 0 Å². The predicted molar refractivity (Wildman–Crippen MR) is 74.3 cm³/mol. The summed E-state index contributed by atoms with van der Waals surface area (Å²) in [7, 11) is 0. The third kappa shape index (κ3) is 3.77. The summed E-state index contributed by atoms with van der Waals surface area (Å²) in [5, 5.41) is 9.31. The van der Waals surface area contributed by atoms with Gasteiger partial charge in [0.2, 0.25) is 0 Å². The minimum absolute atomic E-state index is 0.0281. The van der Waals surface area contributed by atoms with Crippen molar-refractivity contribution in [2.45, 2.75) is 39.0 Å². The number of hydrogen-bond donors (Lipinski definition) is 1. The first-order chi connectivity index (χ1) is 7.98. The standard InChI is InChI=1S/C16H22O/c1-5-16(4,12-6-7-13(2)3)14-8-10-15(17)11-9-14/h5,7-11,17H,1,6,12H2,2-4H3. The molecule has 1 nitrogen and oxygen atoms in total. The molecule has 0 spiro atoms. The quantitative estimate of drug-likeness (QED) is 0.734. The lowest BCUT2D eigenvalue weighted by Crippen LogP contribution is -2.18. The van der Waals surface area contributed by atoms with Crippen LogP contribution in [0.15, 0.2) is 48.6 Å². The number of hydrogen-bond acceptors (Lipinski definition) is 1. The molecule has 1 atom stereocenters. The Labute approximate surface area is 104 Å². The first-order valence-electron chi connectivity index (χ1n) is 6.04. The molecule has 1 rings (SSSR count). The highest BCUT2D eigenvalue weighted by Gasteiger charge is 2.21. The molecule has 1 aromatic rings. The molecule has 0 fully saturated rings. The van der Waals surface area contributed by atoms with Crippen LogP contribution in [0, 0.1) is 0 Å². The second-order valence-corrected chi connectivity index (χ2v) is 4.99. The lowest BCUT2D eigenvalue weighted by atomic mass is 9.78. The highest BCUT2D eigenvalue weighted by Crippen LogP contribution is 2.31. The molecule has 0 heterocycles. The first kappa shape index (κ1) is 13.6. The number of phenolic OH excluding ortho intramolecular Hbond substituents is 1. The van der Waals surface area contributed by atoms with E-state index in [0.29, 0.717) is 5.75 Å². The van der Waals surface area contributed by atoms with E-state index in [1.54, 1.807) is 12.1 Å². The maximum Gasteiger partial charge on any atom is 0.115 e. The Hall–Kier alpha value is -1.50. The lowest BCUT2D eigenvalue weighted by Gasteiger charge is -2.26. The molecule has 0 aliphatic rings. The van der Waals surface area contributed by atoms with Gasteiger partial charge in [0.1, 0.15) is 5.75 Å². The van der Waals surface area contributed by atoms with Gasteiger partial charge >= 0.3 is 0 Å². The van der Waals surface area contributed by atoms with Crippen molar-refractivity contribution in [2.75, 3.05) is 0 Å². The number of benzene rings is 1. The Morgan fingerprint density at radius 1 is 1.29 bits per heavy atom. The second-order valence-electron chi connectivity index (χ2n) is 4.99. The van der Waals surface area contributed by atoms with Crippen molar-refractivity contribution < 1.29 is 5.11 Å². The number of phenols is 1. The summed E-state index contributed by atoms with van der Waals surface area (Å²) in [6.07, 6.45) is 6.33. The molecule has 17 heavy (non-hydrogen) atoms. The number of aromatic hydroxyl groups is 1. The Balaban J connectivity index is 2.84. The Morgan fingerprint density at radius 2 is 1.88 bits per heavy atom. The average Bonchev–Trinajstić information content (AvgIpc) is 2.29. The summed E-state index contributed by atoms with van der Waals surface area (Å²) >= 11 is 0. The smallest absolute Gasteiger partial charge is 0.115 e. The summed E-state index contributed by atoms with van der Waals surface area (Å²) in [6, 6.07) is 7.41. The van der Waals surface area contributed by atoms with Gasteiger partial charge in [0, 0.05) is 5.41 Å². The molecular formula is C16H22O. The third-order valence-corrected chi connectivity index (χ3v) is 3.19. The fourth-order valence-electron chi connectivity index (χ4n) is 1.87. The zero-order chi connectivity index (χ0) is 12.9. The van der Waals surface area contributed by atoms with Crippen LogP contribution in [-0.2, 0) is 5.41 Å². The van der Waals surface area contributed by atoms with Gasteiger partial charge in [-0.2, -0.15) is 0 Å². The van der Waals surface area contributed by atoms with Crippen molar-refractivity contribution in [2.24, 2.45) is 0 Å². The normalized spacial score (nSPS) is 13.8. The van der Waals surface area contributed by atoms with Crippen LogP contribution in [0.25, 0.3) is 0 Å². The van der Waals surface area contributed by atoms with E-state index < -0.39 is 0 Å². The summed E-state index contributed by atoms with van der Waals surface area (Å²) in [6.45, 7) is 10.4. The van der Waals surface area contributed by atoms with E-state index in [1.165, 1.54) is 11.1 Å². The van der Waals surface area contributed by atoms with E-state index in [4.69, 9.17) is 0 Å². The molecule has 0 aliphatic carbocycles. The van der Waals surface area contributed by atoms with Crippen molar-refractivity contribution in [1.82, 2.24) is 0 Å². The molecule has 0 saturated carbocycles. The monoisotopic (exact) mass is 230 g/mol. The maximum absolute atomic E-state index is 9.31. The van der Waals surface area contributed by atoms with Crippen molar-refractivity contribution >= 4 is 0 Å². The predicted octanol–water partition coefficient (Wildman–Crippen LogP) is 4.58. The van der Waals surface area contributed by atoms with Gasteiger partial charge in [0.15, 0.2) is 0 Å². The molecule has 1 N–H and O–H groups in total. The van der Waals surface area contributed by atoms with E-state index in [2.05, 4.69) is 33.4 Å². The molecule has 0 aliphatic heterocycles. The van der Waals surface area contributed by atoms with Gasteiger partial charge in [0.25, 0.3) is 0 Å². The van der Waals surface area contributed by atoms with Crippen LogP contribution in [0.1, 0.15) is 39.2 Å². The topological polar surface area (TPSA) is 20.2 Å². The van der Waals surface area contributed by atoms with Gasteiger partial charge in [0.05, 0.1) is 0 Å². The zero-order valence-electron chi connectivity index (χ0n) is 11.0. The zero-order valence-corrected chi connectivity index (χ0v) is 11.0. The van der Waals surface area contributed by atoms with E-state index >= 15 is 0 Å². The fraction of sp³-hybridized carbons (Fsp3) is 0.375. The molecule has 1 aromatic carbocycles. The maximum atomic E-state index is 9.31. The Morgan fingerprint density at radius 3 is 2.35 bits per heavy atom. The summed E-state index contributed by atoms with van der Waals surface area (Å²) in [5.41, 5.74) is 2.52. The van der Waals surface area contributed by atoms with Gasteiger partial charge in [-0.05, 0) is 44.4 Å². The highest BCUT2D eigenvalue weighted by atomic mass is 16.3. The van der Waals surface area contributed by atoms with E-state index in [0.717, 1.165) is 12.8 Å². The molecule has 0 saturated heterocycles. The Kier molecular flexibility index (Phi) is 4.56. The minimum Gasteiger partial charge on any atom is -0.508 e. The molecule has 1 heteroatoms. The molecular weight excluding hydrogens is 208 g/mol. The molecule has 1 unspecified atom stereocenters. The van der Waals surface area contributed by atoms with Crippen LogP contribution in [0.5, 0.6) is 5.75 Å². The van der Waals surface area contributed by atoms with Crippen molar-refractivity contribution in [3.8, 4) is 5.75 Å². The largest absolute Gasteiger partial charge is 0.508 e. The van der Waals surface area contributed by atoms with Crippen LogP contribution in [0.2, 0.25) is 0 Å². The van der Waals surface area contributed by atoms with Gasteiger partial charge in [-0.15, -0.1) is 6.58 Å². The van der Waals surface area contributed by atoms with E-state index in [9.17, 15) is 5.11 Å². The summed E-state index contributed by atoms with van der Waals surface area (Å²) in [4.78, 5) is 0. The molecule has 0 radical (unpaired) electrons. The van der Waals surface area contributed by atoms with Crippen molar-refractivity contribution in [1.29, 1.82) is 0 Å². The lowest BCUT2D eigenvalue weighted by molar-refractivity contribution is 0.473. The molecule has 0 amide bonds. The number of allylic oxidation sites excluding steroid dienone is 3. The van der Waals surface area contributed by atoms with Gasteiger partial charge in [-0.1, -0.05) is 36.8 Å². The number of rotatable bonds is 5. The SMILES string of the molecule is C=CC(C)(CCC=C(C)C)c1ccc(O)cc1. The summed E-state index contributed by atoms with van der Waals surface area (Å²) in [5.74, 6) is 0.310. The first-order valence-corrected chi connectivity index (χ1v) is 6.04. The molecule has 0 aromatic heterocycles. The molecule has 92 valence electrons. The van der Waals surface area contributed by atoms with Gasteiger partial charge in [-0.3, -0.25) is 0 Å². The van der Waals surface area contributed by atoms with E-state index in [1.807, 2.05) is 18.2 Å². The van der Waals surface area contributed by atoms with E-state index in [-0.39, 0.29) is 5.41 Å². The third-order valence-electron chi connectivity index (χ3n) is 3.19. The van der Waals surface area contributed by atoms with Crippen LogP contribution < -0.4 is 0 Å².